The number of thioether (sulfide) groups is 1. The number of ether oxygens (including phenoxy) is 1. The van der Waals surface area contributed by atoms with Gasteiger partial charge in [-0.05, 0) is 42.0 Å². The van der Waals surface area contributed by atoms with Gasteiger partial charge in [-0.1, -0.05) is 42.5 Å². The molecule has 0 aromatic heterocycles. The molecule has 0 heterocycles. The summed E-state index contributed by atoms with van der Waals surface area (Å²) in [5, 5.41) is 2.91. The maximum absolute atomic E-state index is 12.6. The third kappa shape index (κ3) is 5.62. The highest BCUT2D eigenvalue weighted by atomic mass is 32.2. The van der Waals surface area contributed by atoms with E-state index in [9.17, 15) is 9.59 Å². The highest BCUT2D eigenvalue weighted by Crippen LogP contribution is 2.23. The Hall–Kier alpha value is -3.25. The maximum Gasteiger partial charge on any atom is 0.252 e. The van der Waals surface area contributed by atoms with Gasteiger partial charge in [0, 0.05) is 11.4 Å². The van der Waals surface area contributed by atoms with E-state index in [-0.39, 0.29) is 11.7 Å². The van der Waals surface area contributed by atoms with Crippen LogP contribution in [0.1, 0.15) is 15.9 Å². The second-order valence-electron chi connectivity index (χ2n) is 6.00. The molecule has 3 rings (SSSR count). The molecule has 0 unspecified atom stereocenters. The van der Waals surface area contributed by atoms with E-state index in [1.54, 1.807) is 18.2 Å². The van der Waals surface area contributed by atoms with Crippen LogP contribution in [0.25, 0.3) is 0 Å². The first-order chi connectivity index (χ1) is 13.6. The monoisotopic (exact) mass is 392 g/mol. The number of amides is 2. The Bertz CT molecular complexity index is 961. The molecule has 28 heavy (non-hydrogen) atoms. The van der Waals surface area contributed by atoms with Crippen molar-refractivity contribution in [2.45, 2.75) is 11.4 Å². The van der Waals surface area contributed by atoms with E-state index < -0.39 is 5.91 Å². The Morgan fingerprint density at radius 1 is 0.893 bits per heavy atom. The number of primary amides is 1. The van der Waals surface area contributed by atoms with Crippen LogP contribution in [-0.4, -0.2) is 17.6 Å². The van der Waals surface area contributed by atoms with Crippen molar-refractivity contribution < 1.29 is 14.3 Å². The van der Waals surface area contributed by atoms with Gasteiger partial charge in [0.15, 0.2) is 0 Å². The van der Waals surface area contributed by atoms with Crippen LogP contribution in [0, 0.1) is 0 Å². The number of carbonyl (C=O) groups excluding carboxylic acids is 2. The number of para-hydroxylation sites is 1. The molecular weight excluding hydrogens is 372 g/mol. The summed E-state index contributed by atoms with van der Waals surface area (Å²) in [6.45, 7) is 0.361. The van der Waals surface area contributed by atoms with Crippen molar-refractivity contribution in [2.75, 3.05) is 5.75 Å². The molecule has 2 amide bonds. The smallest absolute Gasteiger partial charge is 0.252 e. The number of carbonyl (C=O) groups is 2. The number of nitrogens with one attached hydrogen (secondary N) is 1. The summed E-state index contributed by atoms with van der Waals surface area (Å²) < 4.78 is 5.82. The average molecular weight is 392 g/mol. The minimum atomic E-state index is -0.421. The van der Waals surface area contributed by atoms with Gasteiger partial charge in [0.25, 0.3) is 5.91 Å². The fraction of sp³-hybridized carbons (Fsp3) is 0.0909. The zero-order valence-corrected chi connectivity index (χ0v) is 15.9. The summed E-state index contributed by atoms with van der Waals surface area (Å²) in [6.07, 6.45) is 0. The number of hydrogen-bond acceptors (Lipinski definition) is 4. The molecule has 0 atom stereocenters. The van der Waals surface area contributed by atoms with Gasteiger partial charge in [-0.2, -0.15) is 0 Å². The Morgan fingerprint density at radius 3 is 2.39 bits per heavy atom. The third-order valence-electron chi connectivity index (χ3n) is 3.83. The van der Waals surface area contributed by atoms with E-state index >= 15 is 0 Å². The molecule has 6 heteroatoms. The van der Waals surface area contributed by atoms with Crippen molar-refractivity contribution in [3.63, 3.8) is 0 Å². The van der Waals surface area contributed by atoms with Crippen LogP contribution in [0.3, 0.4) is 0 Å². The molecule has 0 aliphatic carbocycles. The lowest BCUT2D eigenvalue weighted by Crippen LogP contribution is -2.23. The lowest BCUT2D eigenvalue weighted by atomic mass is 10.2. The van der Waals surface area contributed by atoms with Crippen LogP contribution in [0.15, 0.2) is 83.8 Å². The molecule has 3 aromatic carbocycles. The van der Waals surface area contributed by atoms with Crippen molar-refractivity contribution >= 4 is 23.6 Å². The Balaban J connectivity index is 1.64. The predicted octanol–water partition coefficient (Wildman–Crippen LogP) is 3.99. The summed E-state index contributed by atoms with van der Waals surface area (Å²) in [6, 6.07) is 24.2. The molecule has 0 aliphatic rings. The third-order valence-corrected chi connectivity index (χ3v) is 4.93. The maximum atomic E-state index is 12.6. The van der Waals surface area contributed by atoms with Crippen molar-refractivity contribution in [2.24, 2.45) is 5.73 Å². The molecule has 0 radical (unpaired) electrons. The van der Waals surface area contributed by atoms with Crippen molar-refractivity contribution in [1.82, 2.24) is 5.32 Å². The van der Waals surface area contributed by atoms with Gasteiger partial charge < -0.3 is 15.8 Å². The topological polar surface area (TPSA) is 81.4 Å². The predicted molar refractivity (Wildman–Crippen MR) is 110 cm³/mol. The van der Waals surface area contributed by atoms with Crippen molar-refractivity contribution in [1.29, 1.82) is 0 Å². The van der Waals surface area contributed by atoms with E-state index in [1.807, 2.05) is 60.7 Å². The zero-order chi connectivity index (χ0) is 19.8. The van der Waals surface area contributed by atoms with Gasteiger partial charge in [-0.3, -0.25) is 9.59 Å². The van der Waals surface area contributed by atoms with E-state index in [1.165, 1.54) is 11.8 Å². The molecule has 0 saturated carbocycles. The lowest BCUT2D eigenvalue weighted by molar-refractivity contribution is -0.115. The van der Waals surface area contributed by atoms with Gasteiger partial charge in [-0.15, -0.1) is 11.8 Å². The highest BCUT2D eigenvalue weighted by molar-refractivity contribution is 8.00. The first-order valence-electron chi connectivity index (χ1n) is 8.72. The molecule has 0 aliphatic heterocycles. The molecule has 0 saturated heterocycles. The quantitative estimate of drug-likeness (QED) is 0.568. The number of hydrogen-bond donors (Lipinski definition) is 2. The summed E-state index contributed by atoms with van der Waals surface area (Å²) in [5.74, 6) is 0.959. The van der Waals surface area contributed by atoms with Crippen LogP contribution in [-0.2, 0) is 11.3 Å². The second-order valence-corrected chi connectivity index (χ2v) is 7.01. The van der Waals surface area contributed by atoms with E-state index in [4.69, 9.17) is 10.5 Å². The SMILES string of the molecule is NC(=O)CSc1ccccc1C(=O)NCc1cccc(Oc2ccccc2)c1. The van der Waals surface area contributed by atoms with Gasteiger partial charge in [-0.25, -0.2) is 0 Å². The largest absolute Gasteiger partial charge is 0.457 e. The molecule has 0 spiro atoms. The zero-order valence-electron chi connectivity index (χ0n) is 15.1. The molecular formula is C22H20N2O3S. The Morgan fingerprint density at radius 2 is 1.61 bits per heavy atom. The molecule has 142 valence electrons. The van der Waals surface area contributed by atoms with Crippen LogP contribution in [0.4, 0.5) is 0 Å². The van der Waals surface area contributed by atoms with Crippen LogP contribution >= 0.6 is 11.8 Å². The molecule has 3 aromatic rings. The minimum Gasteiger partial charge on any atom is -0.457 e. The fourth-order valence-electron chi connectivity index (χ4n) is 2.55. The van der Waals surface area contributed by atoms with Crippen LogP contribution < -0.4 is 15.8 Å². The van der Waals surface area contributed by atoms with Crippen molar-refractivity contribution in [3.05, 3.63) is 90.0 Å². The van der Waals surface area contributed by atoms with E-state index in [0.29, 0.717) is 17.9 Å². The number of rotatable bonds is 8. The van der Waals surface area contributed by atoms with E-state index in [0.717, 1.165) is 16.2 Å². The average Bonchev–Trinajstić information content (AvgIpc) is 2.72. The fourth-order valence-corrected chi connectivity index (χ4v) is 3.34. The molecule has 5 nitrogen and oxygen atoms in total. The van der Waals surface area contributed by atoms with Gasteiger partial charge >= 0.3 is 0 Å². The van der Waals surface area contributed by atoms with Crippen molar-refractivity contribution in [3.8, 4) is 11.5 Å². The summed E-state index contributed by atoms with van der Waals surface area (Å²) in [7, 11) is 0. The minimum absolute atomic E-state index is 0.128. The highest BCUT2D eigenvalue weighted by Gasteiger charge is 2.12. The standard InChI is InChI=1S/C22H20N2O3S/c23-21(25)15-28-20-12-5-4-11-19(20)22(26)24-14-16-7-6-10-18(13-16)27-17-8-2-1-3-9-17/h1-13H,14-15H2,(H2,23,25)(H,24,26). The van der Waals surface area contributed by atoms with Gasteiger partial charge in [0.2, 0.25) is 5.91 Å². The van der Waals surface area contributed by atoms with E-state index in [2.05, 4.69) is 5.32 Å². The number of benzene rings is 3. The first kappa shape index (κ1) is 19.5. The first-order valence-corrected chi connectivity index (χ1v) is 9.70. The number of nitrogens with two attached hydrogens (primary N) is 1. The van der Waals surface area contributed by atoms with Crippen LogP contribution in [0.5, 0.6) is 11.5 Å². The summed E-state index contributed by atoms with van der Waals surface area (Å²) in [4.78, 5) is 24.3. The van der Waals surface area contributed by atoms with Crippen LogP contribution in [0.2, 0.25) is 0 Å². The molecule has 3 N–H and O–H groups in total. The second kappa shape index (κ2) is 9.62. The normalized spacial score (nSPS) is 10.3. The lowest BCUT2D eigenvalue weighted by Gasteiger charge is -2.11. The Kier molecular flexibility index (Phi) is 6.70. The summed E-state index contributed by atoms with van der Waals surface area (Å²) in [5.41, 5.74) is 6.64. The molecule has 0 fully saturated rings. The van der Waals surface area contributed by atoms with Gasteiger partial charge in [0.05, 0.1) is 11.3 Å². The molecule has 0 bridgehead atoms. The summed E-state index contributed by atoms with van der Waals surface area (Å²) >= 11 is 1.25. The van der Waals surface area contributed by atoms with Gasteiger partial charge in [0.1, 0.15) is 11.5 Å². The Labute approximate surface area is 167 Å².